The van der Waals surface area contributed by atoms with Crippen molar-refractivity contribution >= 4 is 21.8 Å². The molecular weight excluding hydrogens is 391 g/mol. The summed E-state index contributed by atoms with van der Waals surface area (Å²) in [6.45, 7) is 0. The Balaban J connectivity index is 0.000000853. The number of hydrogen-bond acceptors (Lipinski definition) is 2. The summed E-state index contributed by atoms with van der Waals surface area (Å²) in [5, 5.41) is 2.28. The first-order valence-corrected chi connectivity index (χ1v) is 4.53. The van der Waals surface area contributed by atoms with E-state index in [-0.39, 0.29) is 35.9 Å². The van der Waals surface area contributed by atoms with Crippen molar-refractivity contribution in [2.24, 2.45) is 0 Å². The first-order chi connectivity index (χ1) is 6.95. The average molecular weight is 405 g/mol. The molecule has 1 aromatic carbocycles. The van der Waals surface area contributed by atoms with Gasteiger partial charge in [0.2, 0.25) is 0 Å². The van der Waals surface area contributed by atoms with Gasteiger partial charge in [0.25, 0.3) is 0 Å². The Bertz CT molecular complexity index is 553. The molecule has 3 heteroatoms. The second-order valence-electron chi connectivity index (χ2n) is 3.22. The van der Waals surface area contributed by atoms with Gasteiger partial charge in [0, 0.05) is 23.2 Å². The summed E-state index contributed by atoms with van der Waals surface area (Å²) in [7, 11) is 0. The number of nitrogens with zero attached hydrogens (tertiary/aromatic N) is 2. The van der Waals surface area contributed by atoms with Crippen LogP contribution in [0.25, 0.3) is 21.8 Å². The fraction of sp³-hybridized carbons (Fsp3) is 0. The molecule has 0 aliphatic heterocycles. The molecule has 0 saturated heterocycles. The molecule has 0 aliphatic carbocycles. The smallest absolute Gasteiger partial charge is 0.358 e. The zero-order chi connectivity index (χ0) is 9.38. The molecule has 0 unspecified atom stereocenters. The molecule has 2 nitrogen and oxygen atoms in total. The van der Waals surface area contributed by atoms with Crippen LogP contribution < -0.4 is 0 Å². The van der Waals surface area contributed by atoms with Crippen LogP contribution in [-0.2, 0) is 21.1 Å². The molecule has 2 aromatic heterocycles. The SMILES string of the molecule is [CH3-].[CH3-].[Pt+2].c1cnc2c(c1)ccc1cccnc12. The van der Waals surface area contributed by atoms with Gasteiger partial charge in [-0.25, -0.2) is 0 Å². The minimum Gasteiger partial charge on any atom is -0.358 e. The molecular formula is C14H14N2Pt. The monoisotopic (exact) mass is 405 g/mol. The van der Waals surface area contributed by atoms with Gasteiger partial charge in [-0.05, 0) is 12.1 Å². The Labute approximate surface area is 116 Å². The maximum absolute atomic E-state index is 4.35. The number of benzene rings is 1. The molecule has 3 aromatic rings. The Morgan fingerprint density at radius 3 is 1.47 bits per heavy atom. The zero-order valence-electron chi connectivity index (χ0n) is 9.83. The van der Waals surface area contributed by atoms with E-state index in [1.165, 1.54) is 0 Å². The largest absolute Gasteiger partial charge is 2.00 e. The van der Waals surface area contributed by atoms with Crippen LogP contribution in [0, 0.1) is 14.9 Å². The van der Waals surface area contributed by atoms with Crippen molar-refractivity contribution in [3.05, 3.63) is 63.6 Å². The van der Waals surface area contributed by atoms with E-state index in [1.54, 1.807) is 12.4 Å². The summed E-state index contributed by atoms with van der Waals surface area (Å²) in [6.07, 6.45) is 3.60. The molecule has 17 heavy (non-hydrogen) atoms. The van der Waals surface area contributed by atoms with Crippen LogP contribution in [0.4, 0.5) is 0 Å². The van der Waals surface area contributed by atoms with Crippen molar-refractivity contribution in [3.63, 3.8) is 0 Å². The quantitative estimate of drug-likeness (QED) is 0.421. The maximum Gasteiger partial charge on any atom is 2.00 e. The molecule has 2 heterocycles. The topological polar surface area (TPSA) is 25.8 Å². The molecule has 0 saturated carbocycles. The molecule has 0 radical (unpaired) electrons. The minimum absolute atomic E-state index is 0. The standard InChI is InChI=1S/C12H8N2.2CH3.Pt/c1-3-9-5-6-10-4-2-8-14-12(10)11(9)13-7-1;;;/h1-8H;2*1H3;/q;2*-1;+2. The van der Waals surface area contributed by atoms with Gasteiger partial charge in [0.1, 0.15) is 0 Å². The summed E-state index contributed by atoms with van der Waals surface area (Å²) in [5.41, 5.74) is 1.95. The zero-order valence-corrected chi connectivity index (χ0v) is 12.1. The van der Waals surface area contributed by atoms with Crippen LogP contribution in [0.5, 0.6) is 0 Å². The van der Waals surface area contributed by atoms with Gasteiger partial charge < -0.3 is 14.9 Å². The molecule has 0 atom stereocenters. The number of rotatable bonds is 0. The fourth-order valence-electron chi connectivity index (χ4n) is 1.68. The van der Waals surface area contributed by atoms with Crippen LogP contribution in [0.2, 0.25) is 0 Å². The number of pyridine rings is 2. The molecule has 90 valence electrons. The summed E-state index contributed by atoms with van der Waals surface area (Å²) in [6, 6.07) is 12.1. The predicted octanol–water partition coefficient (Wildman–Crippen LogP) is 3.68. The maximum atomic E-state index is 4.35. The molecule has 0 spiro atoms. The van der Waals surface area contributed by atoms with Crippen molar-refractivity contribution in [2.75, 3.05) is 0 Å². The van der Waals surface area contributed by atoms with Crippen molar-refractivity contribution in [3.8, 4) is 0 Å². The second kappa shape index (κ2) is 6.46. The van der Waals surface area contributed by atoms with Gasteiger partial charge in [-0.3, -0.25) is 9.97 Å². The Morgan fingerprint density at radius 1 is 0.647 bits per heavy atom. The number of hydrogen-bond donors (Lipinski definition) is 0. The molecule has 0 aliphatic rings. The Morgan fingerprint density at radius 2 is 1.06 bits per heavy atom. The number of aromatic nitrogens is 2. The summed E-state index contributed by atoms with van der Waals surface area (Å²) >= 11 is 0. The van der Waals surface area contributed by atoms with Crippen LogP contribution in [0.3, 0.4) is 0 Å². The van der Waals surface area contributed by atoms with Gasteiger partial charge in [-0.2, -0.15) is 0 Å². The Kier molecular flexibility index (Phi) is 5.98. The third kappa shape index (κ3) is 2.70. The molecule has 0 fully saturated rings. The second-order valence-corrected chi connectivity index (χ2v) is 3.22. The van der Waals surface area contributed by atoms with E-state index in [4.69, 9.17) is 0 Å². The van der Waals surface area contributed by atoms with E-state index in [0.29, 0.717) is 0 Å². The molecule has 0 N–H and O–H groups in total. The van der Waals surface area contributed by atoms with E-state index in [2.05, 4.69) is 34.2 Å². The fourth-order valence-corrected chi connectivity index (χ4v) is 1.68. The molecule has 3 rings (SSSR count). The van der Waals surface area contributed by atoms with Crippen LogP contribution in [0.15, 0.2) is 48.8 Å². The van der Waals surface area contributed by atoms with Crippen molar-refractivity contribution in [1.82, 2.24) is 9.97 Å². The van der Waals surface area contributed by atoms with Gasteiger partial charge in [-0.15, -0.1) is 0 Å². The average Bonchev–Trinajstić information content (AvgIpc) is 2.29. The van der Waals surface area contributed by atoms with E-state index in [9.17, 15) is 0 Å². The van der Waals surface area contributed by atoms with E-state index >= 15 is 0 Å². The predicted molar refractivity (Wildman–Crippen MR) is 69.9 cm³/mol. The van der Waals surface area contributed by atoms with Crippen molar-refractivity contribution < 1.29 is 21.1 Å². The van der Waals surface area contributed by atoms with Crippen molar-refractivity contribution in [1.29, 1.82) is 0 Å². The van der Waals surface area contributed by atoms with Gasteiger partial charge in [0.05, 0.1) is 11.0 Å². The summed E-state index contributed by atoms with van der Waals surface area (Å²) in [5.74, 6) is 0. The van der Waals surface area contributed by atoms with Gasteiger partial charge in [0.15, 0.2) is 0 Å². The third-order valence-electron chi connectivity index (χ3n) is 2.34. The molecule has 0 bridgehead atoms. The van der Waals surface area contributed by atoms with Crippen LogP contribution >= 0.6 is 0 Å². The number of fused-ring (bicyclic) bond motifs is 3. The van der Waals surface area contributed by atoms with Gasteiger partial charge in [-0.1, -0.05) is 24.3 Å². The minimum atomic E-state index is 0. The molecule has 0 amide bonds. The van der Waals surface area contributed by atoms with Crippen molar-refractivity contribution in [2.45, 2.75) is 0 Å². The van der Waals surface area contributed by atoms with E-state index < -0.39 is 0 Å². The van der Waals surface area contributed by atoms with Crippen LogP contribution in [-0.4, -0.2) is 9.97 Å². The summed E-state index contributed by atoms with van der Waals surface area (Å²) in [4.78, 5) is 8.69. The van der Waals surface area contributed by atoms with Crippen LogP contribution in [0.1, 0.15) is 0 Å². The first kappa shape index (κ1) is 15.7. The normalized spacial score (nSPS) is 8.94. The van der Waals surface area contributed by atoms with E-state index in [1.807, 2.05) is 12.1 Å². The summed E-state index contributed by atoms with van der Waals surface area (Å²) < 4.78 is 0. The van der Waals surface area contributed by atoms with E-state index in [0.717, 1.165) is 21.8 Å². The third-order valence-corrected chi connectivity index (χ3v) is 2.34. The first-order valence-electron chi connectivity index (χ1n) is 4.53. The van der Waals surface area contributed by atoms with Gasteiger partial charge >= 0.3 is 21.1 Å². The Hall–Kier alpha value is -1.27.